The minimum absolute atomic E-state index is 0.0125. The Morgan fingerprint density at radius 1 is 1.47 bits per heavy atom. The van der Waals surface area contributed by atoms with E-state index in [1.165, 1.54) is 0 Å². The van der Waals surface area contributed by atoms with E-state index in [2.05, 4.69) is 11.6 Å². The Bertz CT molecular complexity index is 371. The Hall–Kier alpha value is -1.07. The van der Waals surface area contributed by atoms with Crippen molar-refractivity contribution in [1.82, 2.24) is 5.32 Å². The first kappa shape index (κ1) is 14.0. The molecule has 5 heteroatoms. The van der Waals surface area contributed by atoms with Crippen LogP contribution < -0.4 is 5.32 Å². The molecule has 0 saturated carbocycles. The van der Waals surface area contributed by atoms with E-state index in [9.17, 15) is 10.1 Å². The van der Waals surface area contributed by atoms with Gasteiger partial charge in [0.05, 0.1) is 4.92 Å². The molecular weight excluding hydrogens is 236 g/mol. The lowest BCUT2D eigenvalue weighted by molar-refractivity contribution is -0.385. The van der Waals surface area contributed by atoms with Gasteiger partial charge in [0.25, 0.3) is 5.69 Å². The quantitative estimate of drug-likeness (QED) is 0.461. The summed E-state index contributed by atoms with van der Waals surface area (Å²) in [5.41, 5.74) is 0.944. The Labute approximate surface area is 106 Å². The fourth-order valence-electron chi connectivity index (χ4n) is 1.66. The van der Waals surface area contributed by atoms with Crippen molar-refractivity contribution in [2.24, 2.45) is 0 Å². The molecule has 1 rings (SSSR count). The second-order valence-electron chi connectivity index (χ2n) is 3.84. The van der Waals surface area contributed by atoms with Crippen LogP contribution in [0.1, 0.15) is 24.9 Å². The van der Waals surface area contributed by atoms with Crippen LogP contribution in [0.5, 0.6) is 0 Å². The van der Waals surface area contributed by atoms with Crippen LogP contribution in [0.4, 0.5) is 5.69 Å². The van der Waals surface area contributed by atoms with Gasteiger partial charge in [-0.15, -0.1) is 0 Å². The zero-order valence-electron chi connectivity index (χ0n) is 10.2. The highest BCUT2D eigenvalue weighted by atomic mass is 32.2. The lowest BCUT2D eigenvalue weighted by Gasteiger charge is -2.13. The van der Waals surface area contributed by atoms with Crippen molar-refractivity contribution in [3.8, 4) is 0 Å². The Balaban J connectivity index is 2.62. The standard InChI is InChI=1S/C12H18N2O2S/c1-10(13-8-5-9-17-2)11-6-3-4-7-12(11)14(15)16/h3-4,6-7,10,13H,5,8-9H2,1-2H3. The zero-order chi connectivity index (χ0) is 12.7. The summed E-state index contributed by atoms with van der Waals surface area (Å²) in [5, 5.41) is 14.2. The fourth-order valence-corrected chi connectivity index (χ4v) is 2.10. The second-order valence-corrected chi connectivity index (χ2v) is 4.82. The lowest BCUT2D eigenvalue weighted by Crippen LogP contribution is -2.21. The van der Waals surface area contributed by atoms with Gasteiger partial charge >= 0.3 is 0 Å². The number of rotatable bonds is 7. The van der Waals surface area contributed by atoms with Crippen molar-refractivity contribution in [1.29, 1.82) is 0 Å². The van der Waals surface area contributed by atoms with Crippen molar-refractivity contribution in [3.05, 3.63) is 39.9 Å². The molecule has 1 aromatic rings. The third kappa shape index (κ3) is 4.36. The van der Waals surface area contributed by atoms with E-state index >= 15 is 0 Å². The number of nitro groups is 1. The van der Waals surface area contributed by atoms with Gasteiger partial charge in [0.15, 0.2) is 0 Å². The molecule has 0 aliphatic carbocycles. The van der Waals surface area contributed by atoms with Gasteiger partial charge in [0.2, 0.25) is 0 Å². The zero-order valence-corrected chi connectivity index (χ0v) is 11.0. The van der Waals surface area contributed by atoms with E-state index in [0.717, 1.165) is 24.3 Å². The van der Waals surface area contributed by atoms with Gasteiger partial charge in [-0.1, -0.05) is 18.2 Å². The third-order valence-electron chi connectivity index (χ3n) is 2.58. The summed E-state index contributed by atoms with van der Waals surface area (Å²) >= 11 is 1.81. The number of nitrogens with one attached hydrogen (secondary N) is 1. The largest absolute Gasteiger partial charge is 0.310 e. The number of para-hydroxylation sites is 1. The summed E-state index contributed by atoms with van der Waals surface area (Å²) in [4.78, 5) is 10.6. The van der Waals surface area contributed by atoms with E-state index in [-0.39, 0.29) is 16.7 Å². The molecule has 0 aromatic heterocycles. The number of nitro benzene ring substituents is 1. The highest BCUT2D eigenvalue weighted by Gasteiger charge is 2.17. The molecule has 1 N–H and O–H groups in total. The van der Waals surface area contributed by atoms with Crippen molar-refractivity contribution in [2.45, 2.75) is 19.4 Å². The maximum absolute atomic E-state index is 10.9. The molecule has 4 nitrogen and oxygen atoms in total. The molecule has 94 valence electrons. The Morgan fingerprint density at radius 2 is 2.18 bits per heavy atom. The smallest absolute Gasteiger partial charge is 0.274 e. The number of thioether (sulfide) groups is 1. The monoisotopic (exact) mass is 254 g/mol. The minimum Gasteiger partial charge on any atom is -0.310 e. The van der Waals surface area contributed by atoms with E-state index in [1.807, 2.05) is 30.8 Å². The second kappa shape index (κ2) is 7.29. The van der Waals surface area contributed by atoms with Crippen molar-refractivity contribution < 1.29 is 4.92 Å². The first-order valence-corrected chi connectivity index (χ1v) is 7.02. The average Bonchev–Trinajstić information content (AvgIpc) is 2.34. The van der Waals surface area contributed by atoms with E-state index < -0.39 is 0 Å². The number of nitrogens with zero attached hydrogens (tertiary/aromatic N) is 1. The molecule has 0 spiro atoms. The first-order chi connectivity index (χ1) is 8.16. The van der Waals surface area contributed by atoms with Crippen LogP contribution >= 0.6 is 11.8 Å². The van der Waals surface area contributed by atoms with Crippen LogP contribution in [-0.4, -0.2) is 23.5 Å². The van der Waals surface area contributed by atoms with Crippen LogP contribution in [0.15, 0.2) is 24.3 Å². The molecule has 0 amide bonds. The topological polar surface area (TPSA) is 55.2 Å². The third-order valence-corrected chi connectivity index (χ3v) is 3.27. The predicted molar refractivity (Wildman–Crippen MR) is 72.5 cm³/mol. The van der Waals surface area contributed by atoms with Gasteiger partial charge in [-0.05, 0) is 31.9 Å². The van der Waals surface area contributed by atoms with Crippen LogP contribution in [0, 0.1) is 10.1 Å². The fraction of sp³-hybridized carbons (Fsp3) is 0.500. The van der Waals surface area contributed by atoms with Crippen molar-refractivity contribution in [2.75, 3.05) is 18.6 Å². The van der Waals surface area contributed by atoms with E-state index in [0.29, 0.717) is 0 Å². The number of benzene rings is 1. The van der Waals surface area contributed by atoms with Gasteiger partial charge in [-0.25, -0.2) is 0 Å². The van der Waals surface area contributed by atoms with E-state index in [4.69, 9.17) is 0 Å². The van der Waals surface area contributed by atoms with Crippen LogP contribution in [0.25, 0.3) is 0 Å². The summed E-state index contributed by atoms with van der Waals surface area (Å²) in [5.74, 6) is 1.11. The summed E-state index contributed by atoms with van der Waals surface area (Å²) in [6.07, 6.45) is 3.15. The maximum atomic E-state index is 10.9. The molecule has 1 unspecified atom stereocenters. The SMILES string of the molecule is CSCCCNC(C)c1ccccc1[N+](=O)[O-]. The highest BCUT2D eigenvalue weighted by molar-refractivity contribution is 7.98. The molecule has 0 aliphatic heterocycles. The van der Waals surface area contributed by atoms with Crippen LogP contribution in [0.3, 0.4) is 0 Å². The van der Waals surface area contributed by atoms with E-state index in [1.54, 1.807) is 12.1 Å². The van der Waals surface area contributed by atoms with Gasteiger partial charge in [0, 0.05) is 17.7 Å². The summed E-state index contributed by atoms with van der Waals surface area (Å²) < 4.78 is 0. The molecule has 17 heavy (non-hydrogen) atoms. The van der Waals surface area contributed by atoms with Gasteiger partial charge in [-0.3, -0.25) is 10.1 Å². The molecule has 0 heterocycles. The molecule has 1 atom stereocenters. The minimum atomic E-state index is -0.324. The molecule has 0 radical (unpaired) electrons. The van der Waals surface area contributed by atoms with Crippen LogP contribution in [-0.2, 0) is 0 Å². The summed E-state index contributed by atoms with van der Waals surface area (Å²) in [7, 11) is 0. The summed E-state index contributed by atoms with van der Waals surface area (Å²) in [6, 6.07) is 6.91. The number of hydrogen-bond acceptors (Lipinski definition) is 4. The van der Waals surface area contributed by atoms with Gasteiger partial charge in [-0.2, -0.15) is 11.8 Å². The Kier molecular flexibility index (Phi) is 6.00. The highest BCUT2D eigenvalue weighted by Crippen LogP contribution is 2.24. The van der Waals surface area contributed by atoms with Gasteiger partial charge < -0.3 is 5.32 Å². The average molecular weight is 254 g/mol. The maximum Gasteiger partial charge on any atom is 0.274 e. The molecule has 0 aliphatic rings. The van der Waals surface area contributed by atoms with Crippen molar-refractivity contribution in [3.63, 3.8) is 0 Å². The summed E-state index contributed by atoms with van der Waals surface area (Å²) in [6.45, 7) is 2.84. The van der Waals surface area contributed by atoms with Crippen molar-refractivity contribution >= 4 is 17.4 Å². The molecular formula is C12H18N2O2S. The normalized spacial score (nSPS) is 12.4. The van der Waals surface area contributed by atoms with Gasteiger partial charge in [0.1, 0.15) is 0 Å². The molecule has 0 saturated heterocycles. The first-order valence-electron chi connectivity index (χ1n) is 5.62. The Morgan fingerprint density at radius 3 is 2.82 bits per heavy atom. The predicted octanol–water partition coefficient (Wildman–Crippen LogP) is 3.00. The lowest BCUT2D eigenvalue weighted by atomic mass is 10.1. The number of hydrogen-bond donors (Lipinski definition) is 1. The van der Waals surface area contributed by atoms with Crippen LogP contribution in [0.2, 0.25) is 0 Å². The molecule has 0 bridgehead atoms. The molecule has 1 aromatic carbocycles. The molecule has 0 fully saturated rings.